The number of benzene rings is 2. The molecule has 5 nitrogen and oxygen atoms in total. The predicted molar refractivity (Wildman–Crippen MR) is 129 cm³/mol. The molecule has 0 aliphatic heterocycles. The Balaban J connectivity index is 0. The van der Waals surface area contributed by atoms with Crippen molar-refractivity contribution in [2.45, 2.75) is 40.2 Å². The van der Waals surface area contributed by atoms with Crippen LogP contribution >= 0.6 is 0 Å². The predicted octanol–water partition coefficient (Wildman–Crippen LogP) is 4.74. The van der Waals surface area contributed by atoms with Gasteiger partial charge >= 0.3 is 0 Å². The summed E-state index contributed by atoms with van der Waals surface area (Å²) in [5.74, 6) is 0. The first-order valence-electron chi connectivity index (χ1n) is 10.2. The molecule has 1 unspecified atom stereocenters. The van der Waals surface area contributed by atoms with Crippen molar-refractivity contribution in [2.75, 3.05) is 39.3 Å². The molecule has 0 aliphatic rings. The lowest BCUT2D eigenvalue weighted by Gasteiger charge is -2.27. The van der Waals surface area contributed by atoms with Crippen LogP contribution in [0.15, 0.2) is 42.5 Å². The van der Waals surface area contributed by atoms with Gasteiger partial charge in [0.25, 0.3) is 0 Å². The number of para-hydroxylation sites is 1. The molecule has 0 saturated heterocycles. The van der Waals surface area contributed by atoms with Crippen molar-refractivity contribution < 1.29 is 14.3 Å². The monoisotopic (exact) mass is 416 g/mol. The van der Waals surface area contributed by atoms with E-state index in [2.05, 4.69) is 80.6 Å². The number of ether oxygens (including phenoxy) is 1. The second-order valence-electron chi connectivity index (χ2n) is 6.55. The zero-order chi connectivity index (χ0) is 23.5. The molecular formula is C25H40N2O3. The van der Waals surface area contributed by atoms with Crippen molar-refractivity contribution in [2.24, 2.45) is 0 Å². The van der Waals surface area contributed by atoms with Gasteiger partial charge < -0.3 is 24.5 Å². The van der Waals surface area contributed by atoms with Crippen LogP contribution in [0.4, 0.5) is 5.69 Å². The minimum atomic E-state index is 0.182. The lowest BCUT2D eigenvalue weighted by molar-refractivity contribution is -0.0987. The Bertz CT molecular complexity index is 688. The molecule has 0 fully saturated rings. The van der Waals surface area contributed by atoms with Gasteiger partial charge in [0.05, 0.1) is 6.04 Å². The van der Waals surface area contributed by atoms with E-state index in [0.29, 0.717) is 0 Å². The molecule has 30 heavy (non-hydrogen) atoms. The maximum absolute atomic E-state index is 8.00. The van der Waals surface area contributed by atoms with E-state index in [-0.39, 0.29) is 6.04 Å². The molecule has 0 heterocycles. The topological polar surface area (TPSA) is 58.6 Å². The fourth-order valence-electron chi connectivity index (χ4n) is 3.14. The van der Waals surface area contributed by atoms with Gasteiger partial charge in [0.1, 0.15) is 13.6 Å². The summed E-state index contributed by atoms with van der Waals surface area (Å²) in [5, 5.41) is 3.74. The summed E-state index contributed by atoms with van der Waals surface area (Å²) in [6.07, 6.45) is 1.00. The van der Waals surface area contributed by atoms with Gasteiger partial charge in [-0.2, -0.15) is 0 Å². The molecule has 1 N–H and O–H groups in total. The quantitative estimate of drug-likeness (QED) is 0.630. The van der Waals surface area contributed by atoms with Gasteiger partial charge in [0, 0.05) is 33.5 Å². The fraction of sp³-hybridized carbons (Fsp3) is 0.440. The molecule has 2 aromatic rings. The zero-order valence-corrected chi connectivity index (χ0v) is 19.8. The third-order valence-corrected chi connectivity index (χ3v) is 4.34. The Labute approximate surface area is 183 Å². The van der Waals surface area contributed by atoms with Gasteiger partial charge in [0.2, 0.25) is 0 Å². The third kappa shape index (κ3) is 9.81. The maximum Gasteiger partial charge on any atom is 0.106 e. The Kier molecular flexibility index (Phi) is 18.3. The van der Waals surface area contributed by atoms with E-state index < -0.39 is 0 Å². The van der Waals surface area contributed by atoms with E-state index in [4.69, 9.17) is 14.3 Å². The number of nitrogens with one attached hydrogen (secondary N) is 1. The van der Waals surface area contributed by atoms with Crippen LogP contribution in [0.3, 0.4) is 0 Å². The zero-order valence-electron chi connectivity index (χ0n) is 19.8. The molecule has 0 aliphatic carbocycles. The highest BCUT2D eigenvalue weighted by Crippen LogP contribution is 2.31. The number of hydrogen-bond acceptors (Lipinski definition) is 5. The molecule has 0 spiro atoms. The van der Waals surface area contributed by atoms with E-state index in [1.54, 1.807) is 7.11 Å². The Morgan fingerprint density at radius 2 is 1.57 bits per heavy atom. The van der Waals surface area contributed by atoms with E-state index in [0.717, 1.165) is 19.6 Å². The number of aryl methyl sites for hydroxylation is 2. The highest BCUT2D eigenvalue weighted by molar-refractivity contribution is 5.57. The Hall–Kier alpha value is -2.50. The number of methoxy groups -OCH3 is 1. The minimum absolute atomic E-state index is 0.182. The molecule has 0 bridgehead atoms. The number of nitrogens with zero attached hydrogens (tertiary/aromatic N) is 1. The average molecular weight is 417 g/mol. The van der Waals surface area contributed by atoms with Crippen molar-refractivity contribution in [3.05, 3.63) is 64.7 Å². The first-order chi connectivity index (χ1) is 14.5. The molecular weight excluding hydrogens is 376 g/mol. The Morgan fingerprint density at radius 3 is 2.10 bits per heavy atom. The summed E-state index contributed by atoms with van der Waals surface area (Å²) >= 11 is 0. The van der Waals surface area contributed by atoms with E-state index >= 15 is 0 Å². The minimum Gasteiger partial charge on any atom is -0.385 e. The molecule has 168 valence electrons. The molecule has 0 amide bonds. The van der Waals surface area contributed by atoms with Gasteiger partial charge in [-0.15, -0.1) is 0 Å². The van der Waals surface area contributed by atoms with Crippen LogP contribution in [0.1, 0.15) is 48.6 Å². The summed E-state index contributed by atoms with van der Waals surface area (Å²) in [6.45, 7) is 14.0. The van der Waals surface area contributed by atoms with E-state index in [1.807, 2.05) is 27.4 Å². The fourth-order valence-corrected chi connectivity index (χ4v) is 3.14. The van der Waals surface area contributed by atoms with Crippen molar-refractivity contribution in [3.8, 4) is 0 Å². The summed E-state index contributed by atoms with van der Waals surface area (Å²) in [4.78, 5) is 18.2. The maximum atomic E-state index is 8.00. The molecule has 5 heteroatoms. The van der Waals surface area contributed by atoms with Crippen LogP contribution in [0.25, 0.3) is 0 Å². The standard InChI is InChI=1S/C21H30N2O.C2H6.2CH2O/c1-16-11-12-18(17(2)15-16)21(22-13-8-14-24-5)19-9-6-7-10-20(19)23(3)4;3*1-2/h6-7,9-12,15,21-22H,8,13-14H2,1-5H3;1-2H3;2*1H2. The van der Waals surface area contributed by atoms with Crippen molar-refractivity contribution in [3.63, 3.8) is 0 Å². The average Bonchev–Trinajstić information content (AvgIpc) is 2.79. The van der Waals surface area contributed by atoms with Crippen molar-refractivity contribution >= 4 is 19.3 Å². The lowest BCUT2D eigenvalue weighted by atomic mass is 9.92. The highest BCUT2D eigenvalue weighted by Gasteiger charge is 2.19. The second-order valence-corrected chi connectivity index (χ2v) is 6.55. The SMILES string of the molecule is C=O.C=O.CC.COCCCNC(c1ccc(C)cc1C)c1ccccc1N(C)C. The van der Waals surface area contributed by atoms with Gasteiger partial charge in [-0.05, 0) is 49.6 Å². The molecule has 0 radical (unpaired) electrons. The van der Waals surface area contributed by atoms with Crippen molar-refractivity contribution in [1.29, 1.82) is 0 Å². The number of carbonyl (C=O) groups is 2. The van der Waals surface area contributed by atoms with E-state index in [1.165, 1.54) is 27.9 Å². The van der Waals surface area contributed by atoms with Gasteiger partial charge in [0.15, 0.2) is 0 Å². The van der Waals surface area contributed by atoms with Crippen LogP contribution in [0, 0.1) is 13.8 Å². The summed E-state index contributed by atoms with van der Waals surface area (Å²) < 4.78 is 5.19. The molecule has 0 aromatic heterocycles. The second kappa shape index (κ2) is 18.5. The van der Waals surface area contributed by atoms with Crippen LogP contribution < -0.4 is 10.2 Å². The van der Waals surface area contributed by atoms with Crippen LogP contribution in [-0.4, -0.2) is 47.9 Å². The lowest BCUT2D eigenvalue weighted by Crippen LogP contribution is -2.27. The van der Waals surface area contributed by atoms with Crippen LogP contribution in [-0.2, 0) is 14.3 Å². The smallest absolute Gasteiger partial charge is 0.106 e. The largest absolute Gasteiger partial charge is 0.385 e. The molecule has 2 rings (SSSR count). The summed E-state index contributed by atoms with van der Waals surface area (Å²) in [5.41, 5.74) is 6.53. The third-order valence-electron chi connectivity index (χ3n) is 4.34. The van der Waals surface area contributed by atoms with Crippen molar-refractivity contribution in [1.82, 2.24) is 5.32 Å². The number of hydrogen-bond donors (Lipinski definition) is 1. The number of rotatable bonds is 8. The van der Waals surface area contributed by atoms with Gasteiger partial charge in [-0.25, -0.2) is 0 Å². The summed E-state index contributed by atoms with van der Waals surface area (Å²) in [7, 11) is 5.95. The van der Waals surface area contributed by atoms with Crippen LogP contribution in [0.5, 0.6) is 0 Å². The molecule has 0 saturated carbocycles. The highest BCUT2D eigenvalue weighted by atomic mass is 16.5. The first-order valence-corrected chi connectivity index (χ1v) is 10.2. The number of carbonyl (C=O) groups excluding carboxylic acids is 2. The van der Waals surface area contributed by atoms with Gasteiger partial charge in [-0.3, -0.25) is 0 Å². The van der Waals surface area contributed by atoms with Gasteiger partial charge in [-0.1, -0.05) is 55.8 Å². The van der Waals surface area contributed by atoms with Crippen LogP contribution in [0.2, 0.25) is 0 Å². The normalized spacial score (nSPS) is 10.2. The molecule has 1 atom stereocenters. The Morgan fingerprint density at radius 1 is 0.967 bits per heavy atom. The first kappa shape index (κ1) is 29.7. The van der Waals surface area contributed by atoms with E-state index in [9.17, 15) is 0 Å². The number of anilines is 1. The summed E-state index contributed by atoms with van der Waals surface area (Å²) in [6, 6.07) is 15.5. The molecule has 2 aromatic carbocycles.